The zero-order valence-corrected chi connectivity index (χ0v) is 43.2. The average molecular weight is 1020 g/mol. The second-order valence-electron chi connectivity index (χ2n) is 20.8. The van der Waals surface area contributed by atoms with E-state index >= 15 is 0 Å². The molecule has 6 nitrogen and oxygen atoms in total. The van der Waals surface area contributed by atoms with Gasteiger partial charge in [-0.15, -0.1) is 0 Å². The van der Waals surface area contributed by atoms with Crippen molar-refractivity contribution in [2.45, 2.75) is 0 Å². The highest BCUT2D eigenvalue weighted by molar-refractivity contribution is 6.28. The summed E-state index contributed by atoms with van der Waals surface area (Å²) in [5.74, 6) is 0. The lowest BCUT2D eigenvalue weighted by molar-refractivity contribution is 0.663. The van der Waals surface area contributed by atoms with Crippen LogP contribution < -0.4 is 9.80 Å². The molecule has 374 valence electrons. The van der Waals surface area contributed by atoms with E-state index in [1.807, 2.05) is 0 Å². The minimum absolute atomic E-state index is 0.827. The van der Waals surface area contributed by atoms with Crippen LogP contribution >= 0.6 is 0 Å². The molecule has 0 radical (unpaired) electrons. The first-order valence-electron chi connectivity index (χ1n) is 27.2. The largest absolute Gasteiger partial charge is 0.456 e. The van der Waals surface area contributed by atoms with Crippen LogP contribution in [0.3, 0.4) is 0 Å². The second-order valence-corrected chi connectivity index (χ2v) is 20.8. The van der Waals surface area contributed by atoms with E-state index in [0.717, 1.165) is 122 Å². The van der Waals surface area contributed by atoms with Gasteiger partial charge in [0, 0.05) is 77.2 Å². The smallest absolute Gasteiger partial charge is 0.136 e. The molecule has 0 aliphatic rings. The van der Waals surface area contributed by atoms with Crippen molar-refractivity contribution in [3.05, 3.63) is 279 Å². The number of para-hydroxylation sites is 8. The van der Waals surface area contributed by atoms with Crippen molar-refractivity contribution in [1.82, 2.24) is 9.13 Å². The van der Waals surface area contributed by atoms with Crippen LogP contribution in [-0.2, 0) is 0 Å². The molecule has 4 heterocycles. The van der Waals surface area contributed by atoms with Crippen molar-refractivity contribution in [1.29, 1.82) is 0 Å². The van der Waals surface area contributed by atoms with E-state index in [9.17, 15) is 0 Å². The van der Waals surface area contributed by atoms with E-state index in [-0.39, 0.29) is 0 Å². The molecule has 0 amide bonds. The maximum atomic E-state index is 6.85. The lowest BCUT2D eigenvalue weighted by atomic mass is 10.00. The third-order valence-corrected chi connectivity index (χ3v) is 16.4. The van der Waals surface area contributed by atoms with E-state index in [0.29, 0.717) is 0 Å². The number of rotatable bonds is 8. The Bertz CT molecular complexity index is 4970. The predicted molar refractivity (Wildman–Crippen MR) is 334 cm³/mol. The number of hydrogen-bond acceptors (Lipinski definition) is 4. The number of furan rings is 2. The van der Waals surface area contributed by atoms with Gasteiger partial charge in [-0.2, -0.15) is 0 Å². The first kappa shape index (κ1) is 44.3. The van der Waals surface area contributed by atoms with Crippen LogP contribution in [0, 0.1) is 0 Å². The lowest BCUT2D eigenvalue weighted by Gasteiger charge is -2.27. The van der Waals surface area contributed by atoms with Gasteiger partial charge in [-0.05, 0) is 155 Å². The van der Waals surface area contributed by atoms with Gasteiger partial charge < -0.3 is 27.8 Å². The van der Waals surface area contributed by atoms with Crippen molar-refractivity contribution in [3.8, 4) is 11.4 Å². The van der Waals surface area contributed by atoms with Gasteiger partial charge in [0.15, 0.2) is 0 Å². The minimum Gasteiger partial charge on any atom is -0.456 e. The molecule has 0 saturated carbocycles. The molecule has 0 fully saturated rings. The fourth-order valence-electron chi connectivity index (χ4n) is 12.9. The Morgan fingerprint density at radius 3 is 1.07 bits per heavy atom. The molecule has 4 aromatic heterocycles. The Labute approximate surface area is 459 Å². The summed E-state index contributed by atoms with van der Waals surface area (Å²) in [5, 5.41) is 13.5. The predicted octanol–water partition coefficient (Wildman–Crippen LogP) is 20.9. The summed E-state index contributed by atoms with van der Waals surface area (Å²) in [7, 11) is 0. The highest BCUT2D eigenvalue weighted by Crippen LogP contribution is 2.48. The van der Waals surface area contributed by atoms with Crippen LogP contribution in [0.1, 0.15) is 0 Å². The molecule has 13 aromatic carbocycles. The van der Waals surface area contributed by atoms with Gasteiger partial charge in [0.1, 0.15) is 22.3 Å². The molecule has 0 spiro atoms. The summed E-state index contributed by atoms with van der Waals surface area (Å²) >= 11 is 0. The minimum atomic E-state index is 0.827. The fraction of sp³-hybridized carbons (Fsp3) is 0. The Morgan fingerprint density at radius 2 is 0.637 bits per heavy atom. The number of aromatic nitrogens is 2. The summed E-state index contributed by atoms with van der Waals surface area (Å²) < 4.78 is 18.5. The van der Waals surface area contributed by atoms with E-state index in [4.69, 9.17) is 8.83 Å². The van der Waals surface area contributed by atoms with Gasteiger partial charge in [0.25, 0.3) is 0 Å². The van der Waals surface area contributed by atoms with E-state index in [2.05, 4.69) is 298 Å². The lowest BCUT2D eigenvalue weighted by Crippen LogP contribution is -2.11. The van der Waals surface area contributed by atoms with Crippen LogP contribution in [0.2, 0.25) is 0 Å². The molecule has 0 aliphatic heterocycles. The van der Waals surface area contributed by atoms with Gasteiger partial charge in [0.05, 0.1) is 33.4 Å². The Morgan fingerprint density at radius 1 is 0.250 bits per heavy atom. The third kappa shape index (κ3) is 6.66. The van der Waals surface area contributed by atoms with Crippen molar-refractivity contribution >= 4 is 143 Å². The van der Waals surface area contributed by atoms with E-state index in [1.165, 1.54) is 32.6 Å². The number of hydrogen-bond donors (Lipinski definition) is 0. The fourth-order valence-corrected chi connectivity index (χ4v) is 12.9. The van der Waals surface area contributed by atoms with Crippen LogP contribution in [0.25, 0.3) is 120 Å². The highest BCUT2D eigenvalue weighted by atomic mass is 16.3. The van der Waals surface area contributed by atoms with Gasteiger partial charge in [0.2, 0.25) is 0 Å². The van der Waals surface area contributed by atoms with Gasteiger partial charge in [-0.3, -0.25) is 0 Å². The molecule has 0 unspecified atom stereocenters. The molecule has 0 bridgehead atoms. The van der Waals surface area contributed by atoms with Crippen LogP contribution in [-0.4, -0.2) is 9.13 Å². The van der Waals surface area contributed by atoms with Gasteiger partial charge in [-0.1, -0.05) is 146 Å². The van der Waals surface area contributed by atoms with Gasteiger partial charge >= 0.3 is 0 Å². The summed E-state index contributed by atoms with van der Waals surface area (Å²) in [6, 6.07) is 100. The summed E-state index contributed by atoms with van der Waals surface area (Å²) in [6.45, 7) is 0. The number of anilines is 6. The maximum Gasteiger partial charge on any atom is 0.136 e. The van der Waals surface area contributed by atoms with Crippen LogP contribution in [0.4, 0.5) is 34.1 Å². The standard InChI is InChI=1S/C74H46N4O2/c1-5-19-51(20-6-1)75(65-33-17-29-59-57-27-13-15-31-63(57)77(73(59)65)53-23-9-3-10-24-53)55-37-35-47-43-61-69(45-49(47)41-55)79-67-39-40-68-72(71(61)67)62-44-48-36-38-56(42-50(48)46-70(62)80-68)76(52-21-7-2-8-22-52)66-34-18-30-60-58-28-14-16-32-64(58)78(74(60)66)54-25-11-4-12-26-54/h1-46H. The summed E-state index contributed by atoms with van der Waals surface area (Å²) in [6.07, 6.45) is 0. The zero-order valence-electron chi connectivity index (χ0n) is 43.2. The van der Waals surface area contributed by atoms with Crippen LogP contribution in [0.5, 0.6) is 0 Å². The van der Waals surface area contributed by atoms with Crippen molar-refractivity contribution < 1.29 is 8.83 Å². The van der Waals surface area contributed by atoms with E-state index in [1.54, 1.807) is 0 Å². The van der Waals surface area contributed by atoms with E-state index < -0.39 is 0 Å². The van der Waals surface area contributed by atoms with Crippen molar-refractivity contribution in [3.63, 3.8) is 0 Å². The first-order chi connectivity index (χ1) is 39.7. The highest BCUT2D eigenvalue weighted by Gasteiger charge is 2.25. The molecule has 6 heteroatoms. The Kier molecular flexibility index (Phi) is 9.61. The SMILES string of the molecule is c1ccc(N(c2ccc3cc4c(cc3c2)oc2ccc3oc5cc6cc(N(c7ccccc7)c7cccc8c9ccccc9n(-c9ccccc9)c78)ccc6cc5c3c24)c2cccc3c4ccccc4n(-c4ccccc4)c23)cc1. The monoisotopic (exact) mass is 1020 g/mol. The topological polar surface area (TPSA) is 42.6 Å². The number of fused-ring (bicyclic) bond motifs is 15. The second kappa shape index (κ2) is 17.3. The first-order valence-corrected chi connectivity index (χ1v) is 27.2. The number of nitrogens with zero attached hydrogens (tertiary/aromatic N) is 4. The molecular formula is C74H46N4O2. The summed E-state index contributed by atoms with van der Waals surface area (Å²) in [5.41, 5.74) is 16.6. The number of benzene rings is 13. The average Bonchev–Trinajstić information content (AvgIpc) is 4.38. The molecule has 0 aliphatic carbocycles. The van der Waals surface area contributed by atoms with Gasteiger partial charge in [-0.25, -0.2) is 0 Å². The Hall–Kier alpha value is -10.8. The maximum absolute atomic E-state index is 6.85. The normalized spacial score (nSPS) is 12.0. The third-order valence-electron chi connectivity index (χ3n) is 16.4. The molecule has 0 atom stereocenters. The molecular weight excluding hydrogens is 977 g/mol. The Balaban J connectivity index is 0.808. The van der Waals surface area contributed by atoms with Crippen molar-refractivity contribution in [2.75, 3.05) is 9.80 Å². The quantitative estimate of drug-likeness (QED) is 0.152. The van der Waals surface area contributed by atoms with Crippen molar-refractivity contribution in [2.24, 2.45) is 0 Å². The zero-order chi connectivity index (χ0) is 52.4. The molecule has 80 heavy (non-hydrogen) atoms. The summed E-state index contributed by atoms with van der Waals surface area (Å²) in [4.78, 5) is 4.78. The molecule has 17 rings (SSSR count). The molecule has 0 N–H and O–H groups in total. The van der Waals surface area contributed by atoms with Crippen LogP contribution in [0.15, 0.2) is 288 Å². The molecule has 0 saturated heterocycles. The molecule has 17 aromatic rings.